The number of aliphatic hydroxyl groups is 2. The second kappa shape index (κ2) is 4.19. The fraction of sp³-hybridized carbons (Fsp3) is 0.273. The topological polar surface area (TPSA) is 45.4 Å². The van der Waals surface area contributed by atoms with E-state index in [1.807, 2.05) is 0 Å². The number of aromatic nitrogens is 1. The van der Waals surface area contributed by atoms with E-state index in [4.69, 9.17) is 10.2 Å². The monoisotopic (exact) mass is 227 g/mol. The van der Waals surface area contributed by atoms with Gasteiger partial charge in [-0.1, -0.05) is 0 Å². The summed E-state index contributed by atoms with van der Waals surface area (Å²) >= 11 is 0. The number of benzene rings is 1. The Morgan fingerprint density at radius 2 is 1.75 bits per heavy atom. The molecule has 2 aromatic rings. The fourth-order valence-corrected chi connectivity index (χ4v) is 1.81. The van der Waals surface area contributed by atoms with Gasteiger partial charge in [0.15, 0.2) is 11.6 Å². The van der Waals surface area contributed by atoms with E-state index in [2.05, 4.69) is 0 Å². The summed E-state index contributed by atoms with van der Waals surface area (Å²) in [7, 11) is 0. The van der Waals surface area contributed by atoms with E-state index in [1.165, 1.54) is 0 Å². The maximum absolute atomic E-state index is 13.1. The Kier molecular flexibility index (Phi) is 2.89. The summed E-state index contributed by atoms with van der Waals surface area (Å²) in [6.45, 7) is -0.127. The van der Waals surface area contributed by atoms with E-state index in [0.717, 1.165) is 12.1 Å². The van der Waals surface area contributed by atoms with Crippen molar-refractivity contribution in [3.63, 3.8) is 0 Å². The van der Waals surface area contributed by atoms with Crippen molar-refractivity contribution < 1.29 is 19.0 Å². The van der Waals surface area contributed by atoms with Gasteiger partial charge in [0.05, 0.1) is 18.7 Å². The molecule has 0 unspecified atom stereocenters. The quantitative estimate of drug-likeness (QED) is 0.832. The lowest BCUT2D eigenvalue weighted by Crippen LogP contribution is -2.06. The molecule has 0 spiro atoms. The molecular weight excluding hydrogens is 216 g/mol. The zero-order valence-electron chi connectivity index (χ0n) is 8.45. The van der Waals surface area contributed by atoms with E-state index >= 15 is 0 Å². The van der Waals surface area contributed by atoms with Gasteiger partial charge in [-0.3, -0.25) is 0 Å². The minimum atomic E-state index is -0.936. The first-order valence-corrected chi connectivity index (χ1v) is 4.86. The molecule has 0 aliphatic rings. The van der Waals surface area contributed by atoms with Crippen molar-refractivity contribution in [2.75, 3.05) is 6.61 Å². The van der Waals surface area contributed by atoms with Crippen molar-refractivity contribution in [1.29, 1.82) is 0 Å². The molecule has 5 heteroatoms. The molecule has 0 radical (unpaired) electrons. The Morgan fingerprint density at radius 3 is 2.38 bits per heavy atom. The number of hydrogen-bond donors (Lipinski definition) is 2. The summed E-state index contributed by atoms with van der Waals surface area (Å²) < 4.78 is 27.6. The molecule has 0 amide bonds. The van der Waals surface area contributed by atoms with E-state index in [1.54, 1.807) is 10.6 Å². The van der Waals surface area contributed by atoms with Gasteiger partial charge in [-0.25, -0.2) is 8.78 Å². The summed E-state index contributed by atoms with van der Waals surface area (Å²) in [4.78, 5) is 0. The van der Waals surface area contributed by atoms with Gasteiger partial charge in [0, 0.05) is 23.7 Å². The van der Waals surface area contributed by atoms with Gasteiger partial charge in [0.25, 0.3) is 0 Å². The predicted octanol–water partition coefficient (Wildman–Crippen LogP) is 1.40. The van der Waals surface area contributed by atoms with E-state index in [9.17, 15) is 8.78 Å². The molecule has 0 bridgehead atoms. The van der Waals surface area contributed by atoms with Crippen molar-refractivity contribution >= 4 is 10.9 Å². The average Bonchev–Trinajstić information content (AvgIpc) is 2.58. The Hall–Kier alpha value is -1.46. The molecule has 2 N–H and O–H groups in total. The fourth-order valence-electron chi connectivity index (χ4n) is 1.81. The third kappa shape index (κ3) is 1.68. The summed E-state index contributed by atoms with van der Waals surface area (Å²) in [6.07, 6.45) is 0. The molecule has 2 rings (SSSR count). The van der Waals surface area contributed by atoms with Gasteiger partial charge in [-0.2, -0.15) is 0 Å². The molecule has 1 aromatic heterocycles. The number of aliphatic hydroxyl groups excluding tert-OH is 2. The lowest BCUT2D eigenvalue weighted by Gasteiger charge is -2.06. The Labute approximate surface area is 90.5 Å². The number of rotatable bonds is 3. The van der Waals surface area contributed by atoms with Crippen LogP contribution in [0, 0.1) is 11.6 Å². The van der Waals surface area contributed by atoms with E-state index < -0.39 is 11.6 Å². The average molecular weight is 227 g/mol. The maximum atomic E-state index is 13.1. The summed E-state index contributed by atoms with van der Waals surface area (Å²) in [6, 6.07) is 3.73. The number of halogens is 2. The molecule has 1 heterocycles. The first-order valence-electron chi connectivity index (χ1n) is 4.86. The van der Waals surface area contributed by atoms with Gasteiger partial charge in [-0.15, -0.1) is 0 Å². The highest BCUT2D eigenvalue weighted by molar-refractivity contribution is 5.81. The molecule has 0 aliphatic carbocycles. The molecule has 0 saturated heterocycles. The van der Waals surface area contributed by atoms with Crippen LogP contribution in [0.15, 0.2) is 18.2 Å². The van der Waals surface area contributed by atoms with Crippen LogP contribution in [0.2, 0.25) is 0 Å². The van der Waals surface area contributed by atoms with Crippen LogP contribution in [0.3, 0.4) is 0 Å². The van der Waals surface area contributed by atoms with E-state index in [0.29, 0.717) is 16.6 Å². The smallest absolute Gasteiger partial charge is 0.160 e. The van der Waals surface area contributed by atoms with Crippen LogP contribution in [-0.2, 0) is 13.2 Å². The van der Waals surface area contributed by atoms with E-state index in [-0.39, 0.29) is 19.8 Å². The summed E-state index contributed by atoms with van der Waals surface area (Å²) in [5.41, 5.74) is 0.992. The molecule has 1 aromatic carbocycles. The zero-order valence-corrected chi connectivity index (χ0v) is 8.45. The molecular formula is C11H11F2NO2. The summed E-state index contributed by atoms with van der Waals surface area (Å²) in [5.74, 6) is -1.85. The molecule has 0 saturated carbocycles. The number of nitrogens with zero attached hydrogens (tertiary/aromatic N) is 1. The van der Waals surface area contributed by atoms with Crippen LogP contribution < -0.4 is 0 Å². The van der Waals surface area contributed by atoms with Crippen molar-refractivity contribution in [1.82, 2.24) is 4.57 Å². The maximum Gasteiger partial charge on any atom is 0.160 e. The second-order valence-electron chi connectivity index (χ2n) is 3.49. The zero-order chi connectivity index (χ0) is 11.7. The molecule has 3 nitrogen and oxygen atoms in total. The lowest BCUT2D eigenvalue weighted by atomic mass is 10.2. The van der Waals surface area contributed by atoms with Gasteiger partial charge in [0.1, 0.15) is 0 Å². The van der Waals surface area contributed by atoms with Crippen LogP contribution in [0.4, 0.5) is 8.78 Å². The van der Waals surface area contributed by atoms with Crippen LogP contribution in [0.1, 0.15) is 5.69 Å². The standard InChI is InChI=1S/C11H11F2NO2/c12-9-4-7-3-8(6-16)14(1-2-15)11(7)5-10(9)13/h3-5,15-16H,1-2,6H2. The summed E-state index contributed by atoms with van der Waals surface area (Å²) in [5, 5.41) is 18.5. The van der Waals surface area contributed by atoms with Gasteiger partial charge in [0.2, 0.25) is 0 Å². The highest BCUT2D eigenvalue weighted by atomic mass is 19.2. The molecule has 86 valence electrons. The van der Waals surface area contributed by atoms with Crippen LogP contribution in [0.5, 0.6) is 0 Å². The first kappa shape index (κ1) is 11.0. The molecule has 0 fully saturated rings. The molecule has 0 atom stereocenters. The molecule has 16 heavy (non-hydrogen) atoms. The highest BCUT2D eigenvalue weighted by Crippen LogP contribution is 2.23. The Balaban J connectivity index is 2.69. The second-order valence-corrected chi connectivity index (χ2v) is 3.49. The Morgan fingerprint density at radius 1 is 1.06 bits per heavy atom. The van der Waals surface area contributed by atoms with Crippen molar-refractivity contribution in [3.05, 3.63) is 35.5 Å². The van der Waals surface area contributed by atoms with Crippen molar-refractivity contribution in [2.24, 2.45) is 0 Å². The molecule has 0 aliphatic heterocycles. The van der Waals surface area contributed by atoms with Crippen LogP contribution in [-0.4, -0.2) is 21.4 Å². The lowest BCUT2D eigenvalue weighted by molar-refractivity contribution is 0.253. The van der Waals surface area contributed by atoms with Crippen molar-refractivity contribution in [2.45, 2.75) is 13.2 Å². The minimum absolute atomic E-state index is 0.129. The van der Waals surface area contributed by atoms with Gasteiger partial charge >= 0.3 is 0 Å². The van der Waals surface area contributed by atoms with Gasteiger partial charge in [-0.05, 0) is 12.1 Å². The number of fused-ring (bicyclic) bond motifs is 1. The number of hydrogen-bond acceptors (Lipinski definition) is 2. The van der Waals surface area contributed by atoms with Crippen LogP contribution >= 0.6 is 0 Å². The third-order valence-electron chi connectivity index (χ3n) is 2.51. The van der Waals surface area contributed by atoms with Crippen molar-refractivity contribution in [3.8, 4) is 0 Å². The van der Waals surface area contributed by atoms with Crippen LogP contribution in [0.25, 0.3) is 10.9 Å². The SMILES string of the molecule is OCCn1c(CO)cc2cc(F)c(F)cc21. The predicted molar refractivity (Wildman–Crippen MR) is 54.9 cm³/mol. The normalized spacial score (nSPS) is 11.2. The third-order valence-corrected chi connectivity index (χ3v) is 2.51. The Bertz CT molecular complexity index is 522. The van der Waals surface area contributed by atoms with Gasteiger partial charge < -0.3 is 14.8 Å². The largest absolute Gasteiger partial charge is 0.395 e. The first-order chi connectivity index (χ1) is 7.67. The highest BCUT2D eigenvalue weighted by Gasteiger charge is 2.11. The minimum Gasteiger partial charge on any atom is -0.395 e.